The minimum atomic E-state index is 0.402. The van der Waals surface area contributed by atoms with Crippen LogP contribution in [0.3, 0.4) is 0 Å². The van der Waals surface area contributed by atoms with E-state index in [2.05, 4.69) is 22.9 Å². The Kier molecular flexibility index (Phi) is 4.88. The second kappa shape index (κ2) is 4.60. The molecule has 0 radical (unpaired) electrons. The molecule has 0 aliphatic carbocycles. The molecule has 0 heterocycles. The van der Waals surface area contributed by atoms with Crippen LogP contribution in [-0.4, -0.2) is 18.5 Å². The van der Waals surface area contributed by atoms with E-state index in [1.807, 2.05) is 0 Å². The number of alkyl halides is 1. The van der Waals surface area contributed by atoms with Crippen molar-refractivity contribution in [1.82, 2.24) is 0 Å². The molecule has 0 spiro atoms. The number of halogens is 1. The fourth-order valence-electron chi connectivity index (χ4n) is 0.272. The second-order valence-electron chi connectivity index (χ2n) is 1.52. The fourth-order valence-corrected chi connectivity index (χ4v) is 0.916. The molecule has 0 aromatic carbocycles. The van der Waals surface area contributed by atoms with E-state index in [4.69, 9.17) is 4.74 Å². The van der Waals surface area contributed by atoms with Crippen LogP contribution in [0.4, 0.5) is 0 Å². The highest BCUT2D eigenvalue weighted by molar-refractivity contribution is 9.09. The number of hydrogen-bond donors (Lipinski definition) is 0. The van der Waals surface area contributed by atoms with Crippen molar-refractivity contribution in [2.24, 2.45) is 0 Å². The zero-order valence-electron chi connectivity index (χ0n) is 4.78. The third-order valence-corrected chi connectivity index (χ3v) is 1.38. The lowest BCUT2D eigenvalue weighted by molar-refractivity contribution is 0.116. The summed E-state index contributed by atoms with van der Waals surface area (Å²) in [7, 11) is 1.73. The van der Waals surface area contributed by atoms with Gasteiger partial charge in [0.05, 0.1) is 6.10 Å². The summed E-state index contributed by atoms with van der Waals surface area (Å²) in [5.41, 5.74) is 0. The molecule has 44 valence electrons. The van der Waals surface area contributed by atoms with Gasteiger partial charge >= 0.3 is 0 Å². The van der Waals surface area contributed by atoms with Gasteiger partial charge in [0, 0.05) is 12.4 Å². The first-order valence-corrected chi connectivity index (χ1v) is 3.52. The first kappa shape index (κ1) is 7.44. The van der Waals surface area contributed by atoms with Gasteiger partial charge in [-0.3, -0.25) is 0 Å². The maximum atomic E-state index is 4.96. The van der Waals surface area contributed by atoms with Crippen LogP contribution in [-0.2, 0) is 4.74 Å². The first-order chi connectivity index (χ1) is 3.31. The van der Waals surface area contributed by atoms with Gasteiger partial charge in [0.15, 0.2) is 0 Å². The van der Waals surface area contributed by atoms with E-state index in [9.17, 15) is 0 Å². The molecule has 0 bridgehead atoms. The summed E-state index contributed by atoms with van der Waals surface area (Å²) in [4.78, 5) is 0. The molecular weight excluding hydrogens is 156 g/mol. The van der Waals surface area contributed by atoms with Gasteiger partial charge in [0.2, 0.25) is 0 Å². The van der Waals surface area contributed by atoms with Crippen molar-refractivity contribution in [1.29, 1.82) is 0 Å². The van der Waals surface area contributed by atoms with E-state index in [0.717, 1.165) is 11.8 Å². The van der Waals surface area contributed by atoms with Gasteiger partial charge in [0.1, 0.15) is 0 Å². The molecule has 0 saturated carbocycles. The van der Waals surface area contributed by atoms with Crippen LogP contribution in [0.25, 0.3) is 0 Å². The maximum Gasteiger partial charge on any atom is 0.0551 e. The van der Waals surface area contributed by atoms with Gasteiger partial charge in [0.25, 0.3) is 0 Å². The molecule has 0 fully saturated rings. The van der Waals surface area contributed by atoms with Crippen LogP contribution < -0.4 is 0 Å². The van der Waals surface area contributed by atoms with E-state index in [1.54, 1.807) is 7.11 Å². The molecule has 0 aromatic rings. The fraction of sp³-hybridized carbons (Fsp3) is 1.00. The Morgan fingerprint density at radius 1 is 1.71 bits per heavy atom. The predicted molar refractivity (Wildman–Crippen MR) is 34.9 cm³/mol. The van der Waals surface area contributed by atoms with Crippen molar-refractivity contribution in [3.8, 4) is 0 Å². The topological polar surface area (TPSA) is 9.23 Å². The Bertz CT molecular complexity index is 39.1. The molecule has 2 heteroatoms. The maximum absolute atomic E-state index is 4.96. The Hall–Kier alpha value is 0.440. The van der Waals surface area contributed by atoms with Crippen molar-refractivity contribution in [2.75, 3.05) is 12.4 Å². The van der Waals surface area contributed by atoms with Gasteiger partial charge in [-0.1, -0.05) is 15.9 Å². The standard InChI is InChI=1S/C5H11BrO/c1-5(7-2)3-4-6/h5H,3-4H2,1-2H3/t5-/m1/s1. The zero-order valence-corrected chi connectivity index (χ0v) is 6.36. The number of methoxy groups -OCH3 is 1. The van der Waals surface area contributed by atoms with Crippen LogP contribution in [0.1, 0.15) is 13.3 Å². The predicted octanol–water partition coefficient (Wildman–Crippen LogP) is 1.81. The molecule has 0 aliphatic rings. The van der Waals surface area contributed by atoms with Crippen LogP contribution in [0.15, 0.2) is 0 Å². The summed E-state index contributed by atoms with van der Waals surface area (Å²) in [5, 5.41) is 1.03. The van der Waals surface area contributed by atoms with Crippen molar-refractivity contribution >= 4 is 15.9 Å². The summed E-state index contributed by atoms with van der Waals surface area (Å²) in [6, 6.07) is 0. The van der Waals surface area contributed by atoms with E-state index in [0.29, 0.717) is 6.10 Å². The van der Waals surface area contributed by atoms with E-state index < -0.39 is 0 Å². The van der Waals surface area contributed by atoms with Crippen molar-refractivity contribution < 1.29 is 4.74 Å². The van der Waals surface area contributed by atoms with Crippen molar-refractivity contribution in [2.45, 2.75) is 19.4 Å². The SMILES string of the molecule is CO[C@H](C)CCBr. The summed E-state index contributed by atoms with van der Waals surface area (Å²) >= 11 is 3.31. The number of hydrogen-bond acceptors (Lipinski definition) is 1. The van der Waals surface area contributed by atoms with E-state index >= 15 is 0 Å². The average Bonchev–Trinajstić information content (AvgIpc) is 1.68. The van der Waals surface area contributed by atoms with Crippen molar-refractivity contribution in [3.63, 3.8) is 0 Å². The smallest absolute Gasteiger partial charge is 0.0551 e. The minimum absolute atomic E-state index is 0.402. The Morgan fingerprint density at radius 3 is 2.43 bits per heavy atom. The largest absolute Gasteiger partial charge is 0.382 e. The monoisotopic (exact) mass is 166 g/mol. The molecule has 0 amide bonds. The zero-order chi connectivity index (χ0) is 5.70. The molecule has 1 atom stereocenters. The highest BCUT2D eigenvalue weighted by Gasteiger charge is 1.93. The molecule has 0 aromatic heterocycles. The quantitative estimate of drug-likeness (QED) is 0.582. The first-order valence-electron chi connectivity index (χ1n) is 2.40. The Morgan fingerprint density at radius 2 is 2.29 bits per heavy atom. The lowest BCUT2D eigenvalue weighted by Gasteiger charge is -2.03. The van der Waals surface area contributed by atoms with E-state index in [-0.39, 0.29) is 0 Å². The number of ether oxygens (including phenoxy) is 1. The van der Waals surface area contributed by atoms with Crippen LogP contribution in [0.2, 0.25) is 0 Å². The highest BCUT2D eigenvalue weighted by atomic mass is 79.9. The summed E-state index contributed by atoms with van der Waals surface area (Å²) in [5.74, 6) is 0. The summed E-state index contributed by atoms with van der Waals surface area (Å²) in [6.45, 7) is 2.06. The van der Waals surface area contributed by atoms with Gasteiger partial charge in [-0.2, -0.15) is 0 Å². The van der Waals surface area contributed by atoms with Gasteiger partial charge < -0.3 is 4.74 Å². The lowest BCUT2D eigenvalue weighted by atomic mass is 10.3. The molecule has 0 aliphatic heterocycles. The molecule has 1 nitrogen and oxygen atoms in total. The van der Waals surface area contributed by atoms with Gasteiger partial charge in [-0.25, -0.2) is 0 Å². The van der Waals surface area contributed by atoms with E-state index in [1.165, 1.54) is 0 Å². The number of rotatable bonds is 3. The molecular formula is C5H11BrO. The van der Waals surface area contributed by atoms with Gasteiger partial charge in [-0.05, 0) is 13.3 Å². The normalized spacial score (nSPS) is 14.1. The molecule has 0 N–H and O–H groups in total. The minimum Gasteiger partial charge on any atom is -0.382 e. The summed E-state index contributed by atoms with van der Waals surface area (Å²) < 4.78 is 4.96. The Labute approximate surface area is 53.2 Å². The summed E-state index contributed by atoms with van der Waals surface area (Å²) in [6.07, 6.45) is 1.50. The van der Waals surface area contributed by atoms with Crippen LogP contribution in [0, 0.1) is 0 Å². The third kappa shape index (κ3) is 4.29. The molecule has 0 saturated heterocycles. The Balaban J connectivity index is 2.83. The van der Waals surface area contributed by atoms with Gasteiger partial charge in [-0.15, -0.1) is 0 Å². The molecule has 0 unspecified atom stereocenters. The lowest BCUT2D eigenvalue weighted by Crippen LogP contribution is -2.03. The van der Waals surface area contributed by atoms with Crippen molar-refractivity contribution in [3.05, 3.63) is 0 Å². The van der Waals surface area contributed by atoms with Crippen LogP contribution >= 0.6 is 15.9 Å². The average molecular weight is 167 g/mol. The molecule has 0 rings (SSSR count). The van der Waals surface area contributed by atoms with Crippen LogP contribution in [0.5, 0.6) is 0 Å². The second-order valence-corrected chi connectivity index (χ2v) is 2.32. The third-order valence-electron chi connectivity index (χ3n) is 0.918. The highest BCUT2D eigenvalue weighted by Crippen LogP contribution is 1.96. The molecule has 7 heavy (non-hydrogen) atoms.